The van der Waals surface area contributed by atoms with E-state index in [1.54, 1.807) is 24.3 Å². The van der Waals surface area contributed by atoms with E-state index in [4.69, 9.17) is 5.39 Å². The Morgan fingerprint density at radius 2 is 1.48 bits per heavy atom. The third-order valence-corrected chi connectivity index (χ3v) is 4.54. The van der Waals surface area contributed by atoms with Crippen LogP contribution in [0.15, 0.2) is 24.3 Å². The largest absolute Gasteiger partial charge is 0.385 e. The van der Waals surface area contributed by atoms with Crippen molar-refractivity contribution in [2.75, 3.05) is 6.54 Å². The molecule has 0 saturated heterocycles. The monoisotopic (exact) mass is 344 g/mol. The van der Waals surface area contributed by atoms with Crippen molar-refractivity contribution >= 4 is 11.6 Å². The Kier molecular flexibility index (Phi) is 12.2. The second-order valence-electron chi connectivity index (χ2n) is 6.80. The van der Waals surface area contributed by atoms with Gasteiger partial charge in [0.05, 0.1) is 0 Å². The minimum absolute atomic E-state index is 0.103. The van der Waals surface area contributed by atoms with Gasteiger partial charge in [-0.2, -0.15) is 0 Å². The van der Waals surface area contributed by atoms with Gasteiger partial charge < -0.3 is 5.32 Å². The number of benzene rings is 1. The van der Waals surface area contributed by atoms with Crippen LogP contribution in [0.2, 0.25) is 0 Å². The molecule has 1 rings (SSSR count). The van der Waals surface area contributed by atoms with Crippen molar-refractivity contribution in [1.82, 2.24) is 5.32 Å². The van der Waals surface area contributed by atoms with E-state index in [-0.39, 0.29) is 5.91 Å². The van der Waals surface area contributed by atoms with E-state index in [2.05, 4.69) is 17.2 Å². The van der Waals surface area contributed by atoms with Crippen molar-refractivity contribution in [3.05, 3.63) is 34.8 Å². The maximum Gasteiger partial charge on any atom is 0.385 e. The Hall–Kier alpha value is -1.89. The number of carbonyl (C=O) groups excluding carboxylic acids is 1. The van der Waals surface area contributed by atoms with Crippen LogP contribution in [0.4, 0.5) is 5.69 Å². The van der Waals surface area contributed by atoms with Crippen molar-refractivity contribution in [3.63, 3.8) is 0 Å². The first-order valence-electron chi connectivity index (χ1n) is 10.0. The van der Waals surface area contributed by atoms with E-state index in [1.807, 2.05) is 0 Å². The summed E-state index contributed by atoms with van der Waals surface area (Å²) in [6.07, 6.45) is 15.8. The highest BCUT2D eigenvalue weighted by atomic mass is 16.1. The molecular weight excluding hydrogens is 310 g/mol. The van der Waals surface area contributed by atoms with Crippen molar-refractivity contribution in [2.45, 2.75) is 84.0 Å². The van der Waals surface area contributed by atoms with Crippen LogP contribution in [-0.2, 0) is 0 Å². The molecule has 1 aromatic rings. The maximum absolute atomic E-state index is 12.0. The minimum Gasteiger partial charge on any atom is -0.352 e. The van der Waals surface area contributed by atoms with Gasteiger partial charge in [0, 0.05) is 24.2 Å². The zero-order valence-electron chi connectivity index (χ0n) is 15.8. The normalized spacial score (nSPS) is 10.4. The molecule has 0 aliphatic carbocycles. The number of diazo groups is 1. The standard InChI is InChI=1S/C21H33N3O/c1-2-3-4-5-6-7-8-9-10-11-12-13-17-23-21(25)19-15-14-16-20(18-19)24-22/h14-16,18H,2-13,17H2,1H3/p+1. The van der Waals surface area contributed by atoms with Gasteiger partial charge in [0.15, 0.2) is 4.98 Å². The molecule has 0 bridgehead atoms. The second-order valence-corrected chi connectivity index (χ2v) is 6.80. The highest BCUT2D eigenvalue weighted by molar-refractivity contribution is 5.95. The Morgan fingerprint density at radius 3 is 2.04 bits per heavy atom. The van der Waals surface area contributed by atoms with E-state index in [9.17, 15) is 4.79 Å². The lowest BCUT2D eigenvalue weighted by molar-refractivity contribution is 0.0953. The van der Waals surface area contributed by atoms with Crippen LogP contribution in [0.3, 0.4) is 0 Å². The van der Waals surface area contributed by atoms with E-state index in [1.165, 1.54) is 70.6 Å². The Morgan fingerprint density at radius 1 is 0.920 bits per heavy atom. The third-order valence-electron chi connectivity index (χ3n) is 4.54. The first-order valence-corrected chi connectivity index (χ1v) is 10.0. The molecule has 1 aromatic carbocycles. The van der Waals surface area contributed by atoms with Crippen LogP contribution < -0.4 is 5.32 Å². The van der Waals surface area contributed by atoms with Gasteiger partial charge in [-0.25, -0.2) is 0 Å². The average molecular weight is 345 g/mol. The molecule has 0 unspecified atom stereocenters. The molecule has 4 nitrogen and oxygen atoms in total. The summed E-state index contributed by atoms with van der Waals surface area (Å²) < 4.78 is 0. The SMILES string of the molecule is CCCCCCCCCCCCCCNC(=O)c1cccc([N+]#N)c1. The average Bonchev–Trinajstić information content (AvgIpc) is 2.65. The van der Waals surface area contributed by atoms with Gasteiger partial charge in [-0.1, -0.05) is 83.6 Å². The number of unbranched alkanes of at least 4 members (excludes halogenated alkanes) is 11. The van der Waals surface area contributed by atoms with Crippen molar-refractivity contribution < 1.29 is 4.79 Å². The molecule has 1 amide bonds. The lowest BCUT2D eigenvalue weighted by Gasteiger charge is -2.05. The number of rotatable bonds is 14. The predicted molar refractivity (Wildman–Crippen MR) is 105 cm³/mol. The quantitative estimate of drug-likeness (QED) is 0.305. The van der Waals surface area contributed by atoms with Crippen LogP contribution in [0, 0.1) is 5.39 Å². The van der Waals surface area contributed by atoms with Crippen molar-refractivity contribution in [3.8, 4) is 0 Å². The van der Waals surface area contributed by atoms with Crippen LogP contribution in [0.5, 0.6) is 0 Å². The zero-order chi connectivity index (χ0) is 18.2. The van der Waals surface area contributed by atoms with E-state index >= 15 is 0 Å². The molecule has 0 saturated carbocycles. The summed E-state index contributed by atoms with van der Waals surface area (Å²) in [6.45, 7) is 2.97. The molecule has 0 aliphatic heterocycles. The number of carbonyl (C=O) groups is 1. The molecule has 0 radical (unpaired) electrons. The van der Waals surface area contributed by atoms with Crippen LogP contribution in [-0.4, -0.2) is 12.5 Å². The fraction of sp³-hybridized carbons (Fsp3) is 0.667. The maximum atomic E-state index is 12.0. The summed E-state index contributed by atoms with van der Waals surface area (Å²) in [7, 11) is 0. The van der Waals surface area contributed by atoms with Gasteiger partial charge in [0.25, 0.3) is 5.91 Å². The van der Waals surface area contributed by atoms with E-state index < -0.39 is 0 Å². The lowest BCUT2D eigenvalue weighted by Crippen LogP contribution is -2.24. The first-order chi connectivity index (χ1) is 12.3. The van der Waals surface area contributed by atoms with E-state index in [0.29, 0.717) is 17.8 Å². The Bertz CT molecular complexity index is 522. The van der Waals surface area contributed by atoms with Crippen LogP contribution in [0.1, 0.15) is 94.3 Å². The molecule has 0 spiro atoms. The lowest BCUT2D eigenvalue weighted by atomic mass is 10.1. The van der Waals surface area contributed by atoms with Gasteiger partial charge in [0.2, 0.25) is 5.39 Å². The van der Waals surface area contributed by atoms with Crippen LogP contribution in [0.25, 0.3) is 4.98 Å². The Balaban J connectivity index is 1.93. The molecular formula is C21H34N3O+. The topological polar surface area (TPSA) is 57.2 Å². The molecule has 0 aromatic heterocycles. The van der Waals surface area contributed by atoms with Crippen molar-refractivity contribution in [1.29, 1.82) is 5.39 Å². The van der Waals surface area contributed by atoms with Gasteiger partial charge in [-0.05, 0) is 12.5 Å². The number of nitrogens with one attached hydrogen (secondary N) is 1. The molecule has 0 fully saturated rings. The van der Waals surface area contributed by atoms with Gasteiger partial charge in [-0.3, -0.25) is 4.79 Å². The van der Waals surface area contributed by atoms with Gasteiger partial charge in [-0.15, -0.1) is 0 Å². The summed E-state index contributed by atoms with van der Waals surface area (Å²) in [6, 6.07) is 6.68. The fourth-order valence-corrected chi connectivity index (χ4v) is 2.98. The van der Waals surface area contributed by atoms with E-state index in [0.717, 1.165) is 6.42 Å². The summed E-state index contributed by atoms with van der Waals surface area (Å²) >= 11 is 0. The highest BCUT2D eigenvalue weighted by Gasteiger charge is 2.10. The van der Waals surface area contributed by atoms with Gasteiger partial charge in [0.1, 0.15) is 0 Å². The molecule has 1 N–H and O–H groups in total. The summed E-state index contributed by atoms with van der Waals surface area (Å²) in [5.74, 6) is -0.103. The predicted octanol–water partition coefficient (Wildman–Crippen LogP) is 6.60. The van der Waals surface area contributed by atoms with Crippen molar-refractivity contribution in [2.24, 2.45) is 0 Å². The highest BCUT2D eigenvalue weighted by Crippen LogP contribution is 2.14. The minimum atomic E-state index is -0.103. The molecule has 138 valence electrons. The smallest absolute Gasteiger partial charge is 0.352 e. The number of hydrogen-bond donors (Lipinski definition) is 1. The molecule has 25 heavy (non-hydrogen) atoms. The number of hydrogen-bond acceptors (Lipinski definition) is 2. The summed E-state index contributed by atoms with van der Waals surface area (Å²) in [4.78, 5) is 15.1. The van der Waals surface area contributed by atoms with Crippen LogP contribution >= 0.6 is 0 Å². The van der Waals surface area contributed by atoms with Gasteiger partial charge >= 0.3 is 5.69 Å². The number of amides is 1. The fourth-order valence-electron chi connectivity index (χ4n) is 2.98. The third kappa shape index (κ3) is 10.6. The molecule has 4 heteroatoms. The molecule has 0 atom stereocenters. The first kappa shape index (κ1) is 21.2. The second kappa shape index (κ2) is 14.5. The number of nitrogens with zero attached hydrogens (tertiary/aromatic N) is 2. The Labute approximate surface area is 153 Å². The molecule has 0 aliphatic rings. The zero-order valence-corrected chi connectivity index (χ0v) is 15.8. The molecule has 0 heterocycles. The summed E-state index contributed by atoms with van der Waals surface area (Å²) in [5.41, 5.74) is 0.937. The summed E-state index contributed by atoms with van der Waals surface area (Å²) in [5, 5.41) is 11.7.